The van der Waals surface area contributed by atoms with Gasteiger partial charge in [-0.15, -0.1) is 0 Å². The highest BCUT2D eigenvalue weighted by Crippen LogP contribution is 1.97. The fourth-order valence-corrected chi connectivity index (χ4v) is 0.804. The molecule has 4 heteroatoms. The lowest BCUT2D eigenvalue weighted by atomic mass is 10.6. The van der Waals surface area contributed by atoms with E-state index in [-0.39, 0.29) is 0 Å². The van der Waals surface area contributed by atoms with E-state index >= 15 is 0 Å². The molecule has 1 heterocycles. The van der Waals surface area contributed by atoms with E-state index in [2.05, 4.69) is 26.1 Å². The Morgan fingerprint density at radius 3 is 2.89 bits per heavy atom. The maximum Gasteiger partial charge on any atom is 0.0932 e. The minimum atomic E-state index is 0.785. The van der Waals surface area contributed by atoms with Gasteiger partial charge in [0.25, 0.3) is 0 Å². The smallest absolute Gasteiger partial charge is 0.0932 e. The number of aryl methyl sites for hydroxylation is 1. The molecule has 0 saturated carbocycles. The summed E-state index contributed by atoms with van der Waals surface area (Å²) in [5.41, 5.74) is 0.983. The maximum absolute atomic E-state index is 4.11. The summed E-state index contributed by atoms with van der Waals surface area (Å²) in [6, 6.07) is 0. The van der Waals surface area contributed by atoms with E-state index in [4.69, 9.17) is 0 Å². The minimum Gasteiger partial charge on any atom is -0.185 e. The molecule has 0 amide bonds. The van der Waals surface area contributed by atoms with Crippen LogP contribution in [0.5, 0.6) is 0 Å². The number of aromatic nitrogens is 3. The van der Waals surface area contributed by atoms with Crippen molar-refractivity contribution >= 4 is 15.9 Å². The number of rotatable bonds is 2. The largest absolute Gasteiger partial charge is 0.185 e. The van der Waals surface area contributed by atoms with Gasteiger partial charge in [-0.2, -0.15) is 15.0 Å². The molecule has 1 rings (SSSR count). The molecule has 3 nitrogen and oxygen atoms in total. The molecule has 9 heavy (non-hydrogen) atoms. The van der Waals surface area contributed by atoms with Gasteiger partial charge in [-0.25, -0.2) is 0 Å². The van der Waals surface area contributed by atoms with Crippen LogP contribution < -0.4 is 0 Å². The first-order valence-electron chi connectivity index (χ1n) is 2.81. The summed E-state index contributed by atoms with van der Waals surface area (Å²) in [7, 11) is 0. The van der Waals surface area contributed by atoms with Crippen molar-refractivity contribution in [2.45, 2.75) is 18.8 Å². The normalized spacial score (nSPS) is 10.0. The first kappa shape index (κ1) is 6.74. The van der Waals surface area contributed by atoms with Gasteiger partial charge in [0.2, 0.25) is 0 Å². The van der Waals surface area contributed by atoms with Crippen molar-refractivity contribution in [1.82, 2.24) is 15.0 Å². The monoisotopic (exact) mass is 189 g/mol. The van der Waals surface area contributed by atoms with Crippen LogP contribution in [0, 0.1) is 0 Å². The molecule has 0 bridgehead atoms. The third-order valence-corrected chi connectivity index (χ3v) is 1.58. The highest BCUT2D eigenvalue weighted by Gasteiger charge is 1.93. The van der Waals surface area contributed by atoms with Crippen molar-refractivity contribution in [1.29, 1.82) is 0 Å². The number of hydrogen-bond donors (Lipinski definition) is 0. The maximum atomic E-state index is 4.11. The second kappa shape index (κ2) is 2.96. The van der Waals surface area contributed by atoms with Gasteiger partial charge in [0, 0.05) is 5.33 Å². The molecule has 0 aliphatic rings. The van der Waals surface area contributed by atoms with Gasteiger partial charge in [-0.05, 0) is 6.92 Å². The molecule has 0 fully saturated rings. The minimum absolute atomic E-state index is 0.785. The highest BCUT2D eigenvalue weighted by molar-refractivity contribution is 9.08. The Balaban J connectivity index is 2.74. The van der Waals surface area contributed by atoms with Crippen LogP contribution in [0.15, 0.2) is 6.20 Å². The Labute approximate surface area is 62.2 Å². The molecular formula is C5H8BrN3. The van der Waals surface area contributed by atoms with Gasteiger partial charge in [-0.1, -0.05) is 15.9 Å². The molecular weight excluding hydrogens is 182 g/mol. The van der Waals surface area contributed by atoms with Crippen LogP contribution in [0.4, 0.5) is 0 Å². The fraction of sp³-hybridized carbons (Fsp3) is 0.600. The number of nitrogens with zero attached hydrogens (tertiary/aromatic N) is 3. The van der Waals surface area contributed by atoms with Crippen LogP contribution in [0.25, 0.3) is 0 Å². The van der Waals surface area contributed by atoms with Crippen molar-refractivity contribution in [3.05, 3.63) is 11.9 Å². The molecule has 0 aliphatic carbocycles. The second-order valence-electron chi connectivity index (χ2n) is 1.66. The molecule has 1 aromatic heterocycles. The van der Waals surface area contributed by atoms with Crippen LogP contribution >= 0.6 is 15.9 Å². The standard InChI is InChI=1S/C5H8BrN3/c1-2-9-7-4-5(3-6)8-9/h4H,2-3H2,1H3. The van der Waals surface area contributed by atoms with E-state index in [1.807, 2.05) is 6.92 Å². The molecule has 0 unspecified atom stereocenters. The first-order valence-corrected chi connectivity index (χ1v) is 3.94. The Morgan fingerprint density at radius 2 is 2.56 bits per heavy atom. The quantitative estimate of drug-likeness (QED) is 0.656. The van der Waals surface area contributed by atoms with Gasteiger partial charge in [0.05, 0.1) is 18.4 Å². The lowest BCUT2D eigenvalue weighted by molar-refractivity contribution is 0.566. The highest BCUT2D eigenvalue weighted by atomic mass is 79.9. The summed E-state index contributed by atoms with van der Waals surface area (Å²) in [5, 5.41) is 8.87. The molecule has 0 N–H and O–H groups in total. The molecule has 0 atom stereocenters. The Bertz CT molecular complexity index is 166. The van der Waals surface area contributed by atoms with Crippen molar-refractivity contribution in [3.63, 3.8) is 0 Å². The van der Waals surface area contributed by atoms with E-state index < -0.39 is 0 Å². The van der Waals surface area contributed by atoms with E-state index in [1.54, 1.807) is 11.0 Å². The molecule has 0 aliphatic heterocycles. The zero-order chi connectivity index (χ0) is 6.69. The first-order chi connectivity index (χ1) is 4.36. The Morgan fingerprint density at radius 1 is 1.78 bits per heavy atom. The van der Waals surface area contributed by atoms with Crippen LogP contribution in [0.3, 0.4) is 0 Å². The zero-order valence-electron chi connectivity index (χ0n) is 5.21. The molecule has 0 aromatic carbocycles. The van der Waals surface area contributed by atoms with Crippen molar-refractivity contribution < 1.29 is 0 Å². The van der Waals surface area contributed by atoms with E-state index in [0.29, 0.717) is 0 Å². The van der Waals surface area contributed by atoms with E-state index in [1.165, 1.54) is 0 Å². The third-order valence-electron chi connectivity index (χ3n) is 1.00. The topological polar surface area (TPSA) is 30.7 Å². The molecule has 0 saturated heterocycles. The predicted molar refractivity (Wildman–Crippen MR) is 38.3 cm³/mol. The summed E-state index contributed by atoms with van der Waals surface area (Å²) in [6.07, 6.45) is 1.76. The molecule has 50 valence electrons. The average Bonchev–Trinajstić information content (AvgIpc) is 2.34. The second-order valence-corrected chi connectivity index (χ2v) is 2.22. The van der Waals surface area contributed by atoms with Crippen molar-refractivity contribution in [2.75, 3.05) is 0 Å². The number of alkyl halides is 1. The van der Waals surface area contributed by atoms with Crippen molar-refractivity contribution in [3.8, 4) is 0 Å². The fourth-order valence-electron chi connectivity index (χ4n) is 0.547. The van der Waals surface area contributed by atoms with Crippen molar-refractivity contribution in [2.24, 2.45) is 0 Å². The lowest BCUT2D eigenvalue weighted by Crippen LogP contribution is -1.98. The summed E-state index contributed by atoms with van der Waals surface area (Å²) >= 11 is 3.28. The SMILES string of the molecule is CCn1ncc(CBr)n1. The summed E-state index contributed by atoms with van der Waals surface area (Å²) in [5.74, 6) is 0. The molecule has 0 spiro atoms. The number of halogens is 1. The third kappa shape index (κ3) is 1.51. The van der Waals surface area contributed by atoms with Gasteiger partial charge in [-0.3, -0.25) is 0 Å². The van der Waals surface area contributed by atoms with Crippen LogP contribution in [0.1, 0.15) is 12.6 Å². The lowest BCUT2D eigenvalue weighted by Gasteiger charge is -1.87. The Kier molecular flexibility index (Phi) is 2.22. The summed E-state index contributed by atoms with van der Waals surface area (Å²) in [4.78, 5) is 1.66. The summed E-state index contributed by atoms with van der Waals surface area (Å²) in [6.45, 7) is 2.85. The molecule has 1 aromatic rings. The van der Waals surface area contributed by atoms with Gasteiger partial charge in [0.15, 0.2) is 0 Å². The zero-order valence-corrected chi connectivity index (χ0v) is 6.80. The van der Waals surface area contributed by atoms with E-state index in [9.17, 15) is 0 Å². The number of hydrogen-bond acceptors (Lipinski definition) is 2. The Hall–Kier alpha value is -0.380. The predicted octanol–water partition coefficient (Wildman–Crippen LogP) is 1.19. The van der Waals surface area contributed by atoms with Crippen LogP contribution in [-0.2, 0) is 11.9 Å². The average molecular weight is 190 g/mol. The van der Waals surface area contributed by atoms with Gasteiger partial charge < -0.3 is 0 Å². The molecule has 0 radical (unpaired) electrons. The van der Waals surface area contributed by atoms with Gasteiger partial charge >= 0.3 is 0 Å². The van der Waals surface area contributed by atoms with Crippen LogP contribution in [-0.4, -0.2) is 15.0 Å². The summed E-state index contributed by atoms with van der Waals surface area (Å²) < 4.78 is 0. The van der Waals surface area contributed by atoms with Crippen LogP contribution in [0.2, 0.25) is 0 Å². The van der Waals surface area contributed by atoms with E-state index in [0.717, 1.165) is 17.6 Å². The van der Waals surface area contributed by atoms with Gasteiger partial charge in [0.1, 0.15) is 0 Å².